The van der Waals surface area contributed by atoms with Crippen LogP contribution in [0, 0.1) is 6.92 Å². The zero-order chi connectivity index (χ0) is 26.3. The molecule has 9 heteroatoms. The first-order valence-electron chi connectivity index (χ1n) is 11.9. The molecule has 0 unspecified atom stereocenters. The van der Waals surface area contributed by atoms with Crippen molar-refractivity contribution in [2.75, 3.05) is 5.75 Å². The van der Waals surface area contributed by atoms with Gasteiger partial charge in [0.05, 0.1) is 5.56 Å². The van der Waals surface area contributed by atoms with Gasteiger partial charge in [-0.1, -0.05) is 71.9 Å². The van der Waals surface area contributed by atoms with Crippen molar-refractivity contribution < 1.29 is 18.0 Å². The summed E-state index contributed by atoms with van der Waals surface area (Å²) in [5.74, 6) is 1.33. The van der Waals surface area contributed by atoms with Gasteiger partial charge in [0.15, 0.2) is 11.0 Å². The van der Waals surface area contributed by atoms with E-state index in [0.717, 1.165) is 46.5 Å². The van der Waals surface area contributed by atoms with Crippen molar-refractivity contribution >= 4 is 17.7 Å². The number of para-hydroxylation sites is 1. The fraction of sp³-hybridized carbons (Fsp3) is 0.250. The standard InChI is InChI=1S/C28H27F3N4OS/c1-20-13-15-22(16-14-20)26-33-34-27(35(26)24-10-3-2-4-11-24)37-17-6-5-12-25(36)32-19-21-8-7-9-23(18-21)28(29,30)31/h2-4,7-11,13-16,18H,5-6,12,17,19H2,1H3,(H,32,36). The maximum atomic E-state index is 12.9. The van der Waals surface area contributed by atoms with E-state index in [1.807, 2.05) is 66.1 Å². The highest BCUT2D eigenvalue weighted by Crippen LogP contribution is 2.30. The average Bonchev–Trinajstić information content (AvgIpc) is 3.32. The zero-order valence-electron chi connectivity index (χ0n) is 20.3. The van der Waals surface area contributed by atoms with Gasteiger partial charge in [-0.15, -0.1) is 10.2 Å². The monoisotopic (exact) mass is 524 g/mol. The largest absolute Gasteiger partial charge is 0.416 e. The lowest BCUT2D eigenvalue weighted by Crippen LogP contribution is -2.22. The number of thioether (sulfide) groups is 1. The highest BCUT2D eigenvalue weighted by Gasteiger charge is 2.30. The summed E-state index contributed by atoms with van der Waals surface area (Å²) in [6.07, 6.45) is -2.66. The minimum absolute atomic E-state index is 0.0689. The molecule has 1 aromatic heterocycles. The summed E-state index contributed by atoms with van der Waals surface area (Å²) in [6.45, 7) is 2.11. The Morgan fingerprint density at radius 1 is 0.946 bits per heavy atom. The Labute approximate surface area is 218 Å². The fourth-order valence-corrected chi connectivity index (χ4v) is 4.71. The molecule has 1 N–H and O–H groups in total. The normalized spacial score (nSPS) is 11.5. The number of alkyl halides is 3. The molecule has 37 heavy (non-hydrogen) atoms. The molecule has 0 spiro atoms. The van der Waals surface area contributed by atoms with Gasteiger partial charge < -0.3 is 5.32 Å². The number of nitrogens with zero attached hydrogens (tertiary/aromatic N) is 3. The summed E-state index contributed by atoms with van der Waals surface area (Å²) in [5, 5.41) is 12.4. The number of carbonyl (C=O) groups is 1. The molecule has 5 nitrogen and oxygen atoms in total. The number of aryl methyl sites for hydroxylation is 1. The molecule has 192 valence electrons. The number of halogens is 3. The molecule has 0 aliphatic carbocycles. The van der Waals surface area contributed by atoms with Crippen LogP contribution >= 0.6 is 11.8 Å². The van der Waals surface area contributed by atoms with Gasteiger partial charge in [-0.05, 0) is 49.6 Å². The van der Waals surface area contributed by atoms with E-state index >= 15 is 0 Å². The Morgan fingerprint density at radius 2 is 1.70 bits per heavy atom. The molecule has 0 saturated carbocycles. The number of rotatable bonds is 10. The third-order valence-corrected chi connectivity index (χ3v) is 6.75. The number of unbranched alkanes of at least 4 members (excludes halogenated alkanes) is 1. The van der Waals surface area contributed by atoms with Crippen LogP contribution in [0.3, 0.4) is 0 Å². The molecule has 0 bridgehead atoms. The minimum Gasteiger partial charge on any atom is -0.352 e. The Kier molecular flexibility index (Phi) is 8.66. The topological polar surface area (TPSA) is 59.8 Å². The zero-order valence-corrected chi connectivity index (χ0v) is 21.1. The lowest BCUT2D eigenvalue weighted by Gasteiger charge is -2.11. The lowest BCUT2D eigenvalue weighted by molar-refractivity contribution is -0.137. The van der Waals surface area contributed by atoms with E-state index in [2.05, 4.69) is 15.5 Å². The second-order valence-corrected chi connectivity index (χ2v) is 9.69. The van der Waals surface area contributed by atoms with E-state index in [-0.39, 0.29) is 12.5 Å². The highest BCUT2D eigenvalue weighted by atomic mass is 32.2. The van der Waals surface area contributed by atoms with E-state index in [0.29, 0.717) is 18.4 Å². The van der Waals surface area contributed by atoms with E-state index in [4.69, 9.17) is 0 Å². The van der Waals surface area contributed by atoms with Crippen LogP contribution in [-0.2, 0) is 17.5 Å². The molecule has 0 aliphatic rings. The third kappa shape index (κ3) is 7.22. The van der Waals surface area contributed by atoms with Crippen LogP contribution < -0.4 is 5.32 Å². The molecule has 4 rings (SSSR count). The first-order chi connectivity index (χ1) is 17.8. The third-order valence-electron chi connectivity index (χ3n) is 5.73. The molecular formula is C28H27F3N4OS. The van der Waals surface area contributed by atoms with Crippen LogP contribution in [0.2, 0.25) is 0 Å². The second-order valence-electron chi connectivity index (χ2n) is 8.62. The molecule has 3 aromatic carbocycles. The summed E-state index contributed by atoms with van der Waals surface area (Å²) in [5.41, 5.74) is 2.82. The number of nitrogens with one attached hydrogen (secondary N) is 1. The number of benzene rings is 3. The van der Waals surface area contributed by atoms with Crippen molar-refractivity contribution in [3.8, 4) is 17.1 Å². The molecule has 0 aliphatic heterocycles. The molecule has 0 radical (unpaired) electrons. The quantitative estimate of drug-likeness (QED) is 0.182. The van der Waals surface area contributed by atoms with E-state index in [1.165, 1.54) is 11.6 Å². The van der Waals surface area contributed by atoms with Crippen molar-refractivity contribution in [3.63, 3.8) is 0 Å². The lowest BCUT2D eigenvalue weighted by atomic mass is 10.1. The van der Waals surface area contributed by atoms with Gasteiger partial charge in [-0.2, -0.15) is 13.2 Å². The number of aromatic nitrogens is 3. The van der Waals surface area contributed by atoms with Crippen molar-refractivity contribution in [1.29, 1.82) is 0 Å². The number of hydrogen-bond acceptors (Lipinski definition) is 4. The molecular weight excluding hydrogens is 497 g/mol. The van der Waals surface area contributed by atoms with Crippen molar-refractivity contribution in [3.05, 3.63) is 95.6 Å². The van der Waals surface area contributed by atoms with Crippen LogP contribution in [0.5, 0.6) is 0 Å². The number of carbonyl (C=O) groups excluding carboxylic acids is 1. The van der Waals surface area contributed by atoms with Gasteiger partial charge in [0, 0.05) is 30.0 Å². The van der Waals surface area contributed by atoms with Crippen LogP contribution in [0.15, 0.2) is 84.0 Å². The number of hydrogen-bond donors (Lipinski definition) is 1. The molecule has 0 atom stereocenters. The predicted molar refractivity (Wildman–Crippen MR) is 139 cm³/mol. The number of amides is 1. The SMILES string of the molecule is Cc1ccc(-c2nnc(SCCCCC(=O)NCc3cccc(C(F)(F)F)c3)n2-c2ccccc2)cc1. The van der Waals surface area contributed by atoms with Gasteiger partial charge in [0.1, 0.15) is 0 Å². The molecule has 1 amide bonds. The van der Waals surface area contributed by atoms with E-state index in [1.54, 1.807) is 17.8 Å². The second kappa shape index (κ2) is 12.1. The van der Waals surface area contributed by atoms with Gasteiger partial charge in [-0.3, -0.25) is 9.36 Å². The maximum Gasteiger partial charge on any atom is 0.416 e. The Bertz CT molecular complexity index is 1320. The molecule has 0 saturated heterocycles. The van der Waals surface area contributed by atoms with Gasteiger partial charge in [0.2, 0.25) is 5.91 Å². The highest BCUT2D eigenvalue weighted by molar-refractivity contribution is 7.99. The maximum absolute atomic E-state index is 12.9. The predicted octanol–water partition coefficient (Wildman–Crippen LogP) is 6.84. The van der Waals surface area contributed by atoms with Gasteiger partial charge >= 0.3 is 6.18 Å². The van der Waals surface area contributed by atoms with Gasteiger partial charge in [-0.25, -0.2) is 0 Å². The smallest absolute Gasteiger partial charge is 0.352 e. The van der Waals surface area contributed by atoms with Crippen LogP contribution in [0.25, 0.3) is 17.1 Å². The van der Waals surface area contributed by atoms with Crippen molar-refractivity contribution in [1.82, 2.24) is 20.1 Å². The van der Waals surface area contributed by atoms with Crippen LogP contribution in [0.4, 0.5) is 13.2 Å². The summed E-state index contributed by atoms with van der Waals surface area (Å²) in [6, 6.07) is 23.1. The first-order valence-corrected chi connectivity index (χ1v) is 12.9. The summed E-state index contributed by atoms with van der Waals surface area (Å²) in [4.78, 5) is 12.2. The Hall–Kier alpha value is -3.59. The van der Waals surface area contributed by atoms with Crippen molar-refractivity contribution in [2.24, 2.45) is 0 Å². The Balaban J connectivity index is 1.30. The summed E-state index contributed by atoms with van der Waals surface area (Å²) in [7, 11) is 0. The Morgan fingerprint density at radius 3 is 2.43 bits per heavy atom. The fourth-order valence-electron chi connectivity index (χ4n) is 3.76. The molecule has 0 fully saturated rings. The van der Waals surface area contributed by atoms with Gasteiger partial charge in [0.25, 0.3) is 0 Å². The molecule has 1 heterocycles. The molecule has 4 aromatic rings. The minimum atomic E-state index is -4.40. The van der Waals surface area contributed by atoms with Crippen molar-refractivity contribution in [2.45, 2.75) is 44.1 Å². The summed E-state index contributed by atoms with van der Waals surface area (Å²) < 4.78 is 40.6. The average molecular weight is 525 g/mol. The van der Waals surface area contributed by atoms with Crippen LogP contribution in [-0.4, -0.2) is 26.4 Å². The van der Waals surface area contributed by atoms with Crippen LogP contribution in [0.1, 0.15) is 36.0 Å². The van der Waals surface area contributed by atoms with E-state index < -0.39 is 11.7 Å². The summed E-state index contributed by atoms with van der Waals surface area (Å²) >= 11 is 1.58. The van der Waals surface area contributed by atoms with E-state index in [9.17, 15) is 18.0 Å². The first kappa shape index (κ1) is 26.5.